The highest BCUT2D eigenvalue weighted by molar-refractivity contribution is 6.02. The Balaban J connectivity index is 1.72. The van der Waals surface area contributed by atoms with E-state index in [1.165, 1.54) is 18.2 Å². The molecule has 0 aliphatic rings. The van der Waals surface area contributed by atoms with E-state index in [1.807, 2.05) is 6.20 Å². The van der Waals surface area contributed by atoms with Gasteiger partial charge in [0.25, 0.3) is 0 Å². The van der Waals surface area contributed by atoms with E-state index in [4.69, 9.17) is 0 Å². The van der Waals surface area contributed by atoms with Crippen LogP contribution >= 0.6 is 0 Å². The molecule has 2 aromatic heterocycles. The number of ether oxygens (including phenoxy) is 1. The zero-order chi connectivity index (χ0) is 20.1. The fourth-order valence-corrected chi connectivity index (χ4v) is 2.48. The van der Waals surface area contributed by atoms with Gasteiger partial charge < -0.3 is 10.1 Å². The molecular weight excluding hydrogens is 373 g/mol. The molecule has 0 atom stereocenters. The van der Waals surface area contributed by atoms with Gasteiger partial charge in [0, 0.05) is 54.6 Å². The summed E-state index contributed by atoms with van der Waals surface area (Å²) in [5.41, 5.74) is 2.57. The number of carbonyl (C=O) groups excluding carboxylic acids is 1. The number of hydrogen-bond donors (Lipinski definition) is 1. The predicted octanol–water partition coefficient (Wildman–Crippen LogP) is 4.03. The second kappa shape index (κ2) is 7.95. The Morgan fingerprint density at radius 1 is 1.25 bits per heavy atom. The monoisotopic (exact) mass is 388 g/mol. The summed E-state index contributed by atoms with van der Waals surface area (Å²) in [6.07, 6.45) is 4.80. The van der Waals surface area contributed by atoms with Gasteiger partial charge in [-0.2, -0.15) is 5.10 Å². The van der Waals surface area contributed by atoms with Crippen molar-refractivity contribution in [2.75, 3.05) is 5.32 Å². The van der Waals surface area contributed by atoms with Crippen LogP contribution in [0.4, 0.5) is 18.9 Å². The number of pyridine rings is 1. The summed E-state index contributed by atoms with van der Waals surface area (Å²) in [4.78, 5) is 16.2. The second-order valence-electron chi connectivity index (χ2n) is 5.76. The lowest BCUT2D eigenvalue weighted by Gasteiger charge is -2.10. The van der Waals surface area contributed by atoms with E-state index in [0.717, 1.165) is 23.3 Å². The molecule has 1 amide bonds. The van der Waals surface area contributed by atoms with Gasteiger partial charge in [-0.25, -0.2) is 0 Å². The Labute approximate surface area is 158 Å². The first-order valence-corrected chi connectivity index (χ1v) is 8.08. The Morgan fingerprint density at radius 3 is 2.79 bits per heavy atom. The average molecular weight is 388 g/mol. The first kappa shape index (κ1) is 19.2. The SMILES string of the molecule is Cn1cc(-c2ccncc2/C=C/C(=O)Nc2cccc(OC(F)(F)F)c2)cn1. The smallest absolute Gasteiger partial charge is 0.406 e. The topological polar surface area (TPSA) is 69.0 Å². The van der Waals surface area contributed by atoms with Gasteiger partial charge in [0.05, 0.1) is 6.20 Å². The summed E-state index contributed by atoms with van der Waals surface area (Å²) in [5.74, 6) is -0.925. The molecule has 144 valence electrons. The van der Waals surface area contributed by atoms with Crippen molar-refractivity contribution in [2.45, 2.75) is 6.36 Å². The summed E-state index contributed by atoms with van der Waals surface area (Å²) in [7, 11) is 1.80. The third kappa shape index (κ3) is 5.19. The van der Waals surface area contributed by atoms with E-state index < -0.39 is 18.0 Å². The maximum Gasteiger partial charge on any atom is 0.573 e. The minimum absolute atomic E-state index is 0.176. The number of carbonyl (C=O) groups is 1. The number of nitrogens with one attached hydrogen (secondary N) is 1. The molecule has 0 radical (unpaired) electrons. The third-order valence-corrected chi connectivity index (χ3v) is 3.62. The van der Waals surface area contributed by atoms with Gasteiger partial charge in [-0.05, 0) is 29.8 Å². The molecule has 2 heterocycles. The number of aryl methyl sites for hydroxylation is 1. The molecule has 0 saturated heterocycles. The van der Waals surface area contributed by atoms with Crippen LogP contribution in [0.25, 0.3) is 17.2 Å². The second-order valence-corrected chi connectivity index (χ2v) is 5.76. The van der Waals surface area contributed by atoms with Crippen molar-refractivity contribution in [1.82, 2.24) is 14.8 Å². The highest BCUT2D eigenvalue weighted by Crippen LogP contribution is 2.25. The van der Waals surface area contributed by atoms with Gasteiger partial charge in [0.1, 0.15) is 5.75 Å². The fraction of sp³-hybridized carbons (Fsp3) is 0.105. The summed E-state index contributed by atoms with van der Waals surface area (Å²) < 4.78 is 42.4. The van der Waals surface area contributed by atoms with Crippen molar-refractivity contribution in [1.29, 1.82) is 0 Å². The Morgan fingerprint density at radius 2 is 2.07 bits per heavy atom. The number of anilines is 1. The minimum atomic E-state index is -4.80. The molecule has 0 saturated carbocycles. The van der Waals surface area contributed by atoms with Crippen LogP contribution in [0.2, 0.25) is 0 Å². The first-order chi connectivity index (χ1) is 13.3. The van der Waals surface area contributed by atoms with Crippen LogP contribution in [0.1, 0.15) is 5.56 Å². The predicted molar refractivity (Wildman–Crippen MR) is 97.2 cm³/mol. The molecule has 1 N–H and O–H groups in total. The van der Waals surface area contributed by atoms with Crippen molar-refractivity contribution in [3.05, 3.63) is 66.8 Å². The van der Waals surface area contributed by atoms with E-state index in [1.54, 1.807) is 42.5 Å². The molecule has 0 fully saturated rings. The molecule has 1 aromatic carbocycles. The number of rotatable bonds is 5. The lowest BCUT2D eigenvalue weighted by molar-refractivity contribution is -0.274. The van der Waals surface area contributed by atoms with Crippen LogP contribution in [-0.2, 0) is 11.8 Å². The van der Waals surface area contributed by atoms with Crippen LogP contribution in [0, 0.1) is 0 Å². The Bertz CT molecular complexity index is 1010. The third-order valence-electron chi connectivity index (χ3n) is 3.62. The van der Waals surface area contributed by atoms with Gasteiger partial charge in [0.2, 0.25) is 5.91 Å². The van der Waals surface area contributed by atoms with E-state index in [2.05, 4.69) is 20.1 Å². The van der Waals surface area contributed by atoms with Crippen molar-refractivity contribution in [3.63, 3.8) is 0 Å². The summed E-state index contributed by atoms with van der Waals surface area (Å²) in [5, 5.41) is 6.61. The minimum Gasteiger partial charge on any atom is -0.406 e. The van der Waals surface area contributed by atoms with E-state index in [0.29, 0.717) is 5.56 Å². The Kier molecular flexibility index (Phi) is 5.44. The molecule has 0 spiro atoms. The molecule has 0 bridgehead atoms. The number of benzene rings is 1. The molecule has 0 aliphatic carbocycles. The lowest BCUT2D eigenvalue weighted by Crippen LogP contribution is -2.17. The van der Waals surface area contributed by atoms with Crippen LogP contribution in [-0.4, -0.2) is 27.0 Å². The maximum atomic E-state index is 12.3. The molecule has 0 unspecified atom stereocenters. The number of alkyl halides is 3. The average Bonchev–Trinajstić information content (AvgIpc) is 3.05. The molecule has 3 rings (SSSR count). The zero-order valence-corrected chi connectivity index (χ0v) is 14.6. The standard InChI is InChI=1S/C19H15F3N4O2/c1-26-12-14(11-24-26)17-7-8-23-10-13(17)5-6-18(27)25-15-3-2-4-16(9-15)28-19(20,21)22/h2-12H,1H3,(H,25,27)/b6-5+. The van der Waals surface area contributed by atoms with Crippen molar-refractivity contribution >= 4 is 17.7 Å². The van der Waals surface area contributed by atoms with Crippen LogP contribution in [0.3, 0.4) is 0 Å². The van der Waals surface area contributed by atoms with Crippen molar-refractivity contribution in [2.24, 2.45) is 7.05 Å². The van der Waals surface area contributed by atoms with Gasteiger partial charge in [-0.3, -0.25) is 14.5 Å². The largest absolute Gasteiger partial charge is 0.573 e. The molecular formula is C19H15F3N4O2. The van der Waals surface area contributed by atoms with Gasteiger partial charge in [0.15, 0.2) is 0 Å². The van der Waals surface area contributed by atoms with Crippen LogP contribution < -0.4 is 10.1 Å². The molecule has 3 aromatic rings. The summed E-state index contributed by atoms with van der Waals surface area (Å²) in [6.45, 7) is 0. The number of nitrogens with zero attached hydrogens (tertiary/aromatic N) is 3. The summed E-state index contributed by atoms with van der Waals surface area (Å²) >= 11 is 0. The van der Waals surface area contributed by atoms with Gasteiger partial charge in [-0.15, -0.1) is 13.2 Å². The first-order valence-electron chi connectivity index (χ1n) is 8.08. The molecule has 9 heteroatoms. The van der Waals surface area contributed by atoms with Crippen molar-refractivity contribution in [3.8, 4) is 16.9 Å². The normalized spacial score (nSPS) is 11.6. The quantitative estimate of drug-likeness (QED) is 0.670. The van der Waals surface area contributed by atoms with Gasteiger partial charge in [-0.1, -0.05) is 6.07 Å². The van der Waals surface area contributed by atoms with Crippen molar-refractivity contribution < 1.29 is 22.7 Å². The zero-order valence-electron chi connectivity index (χ0n) is 14.6. The highest BCUT2D eigenvalue weighted by atomic mass is 19.4. The number of amides is 1. The molecule has 28 heavy (non-hydrogen) atoms. The molecule has 0 aliphatic heterocycles. The van der Waals surface area contributed by atoms with E-state index >= 15 is 0 Å². The number of halogens is 3. The number of hydrogen-bond acceptors (Lipinski definition) is 4. The maximum absolute atomic E-state index is 12.3. The fourth-order valence-electron chi connectivity index (χ4n) is 2.48. The lowest BCUT2D eigenvalue weighted by atomic mass is 10.0. The van der Waals surface area contributed by atoms with E-state index in [9.17, 15) is 18.0 Å². The van der Waals surface area contributed by atoms with Crippen LogP contribution in [0.15, 0.2) is 61.2 Å². The molecule has 6 nitrogen and oxygen atoms in total. The Hall–Kier alpha value is -3.62. The summed E-state index contributed by atoms with van der Waals surface area (Å²) in [6, 6.07) is 6.84. The highest BCUT2D eigenvalue weighted by Gasteiger charge is 2.31. The van der Waals surface area contributed by atoms with Gasteiger partial charge >= 0.3 is 6.36 Å². The number of aromatic nitrogens is 3. The van der Waals surface area contributed by atoms with E-state index in [-0.39, 0.29) is 5.69 Å². The van der Waals surface area contributed by atoms with Crippen LogP contribution in [0.5, 0.6) is 5.75 Å².